The Hall–Kier alpha value is -0.386. The van der Waals surface area contributed by atoms with E-state index in [1.807, 2.05) is 6.92 Å². The van der Waals surface area contributed by atoms with E-state index < -0.39 is 13.0 Å². The molecule has 1 radical (unpaired) electrons. The topological polar surface area (TPSA) is 3.24 Å². The summed E-state index contributed by atoms with van der Waals surface area (Å²) in [5, 5.41) is 0. The van der Waals surface area contributed by atoms with Gasteiger partial charge in [0, 0.05) is 32.7 Å². The van der Waals surface area contributed by atoms with Crippen LogP contribution in [-0.4, -0.2) is 17.9 Å². The molecule has 0 saturated heterocycles. The van der Waals surface area contributed by atoms with E-state index in [0.717, 1.165) is 5.56 Å². The van der Waals surface area contributed by atoms with E-state index in [0.29, 0.717) is 27.9 Å². The first-order valence-corrected chi connectivity index (χ1v) is 7.26. The molecule has 1 aliphatic rings. The molecular formula is C16H14BrF3NY-. The number of aryl methyl sites for hydroxylation is 1. The third-order valence-electron chi connectivity index (χ3n) is 3.23. The number of allylic oxidation sites excluding steroid dienone is 3. The standard InChI is InChI=1S/C16H14BrF3N.Y/c1-3-11-8-12(18)4-5-13(11)15-7-6-14(17)10(2)21(15)9-16(19)20;/h4-6,8,16H,2-3,9H2,1H3;/q-1;. The van der Waals surface area contributed by atoms with Crippen molar-refractivity contribution in [2.24, 2.45) is 0 Å². The van der Waals surface area contributed by atoms with Gasteiger partial charge < -0.3 is 4.90 Å². The van der Waals surface area contributed by atoms with E-state index >= 15 is 0 Å². The summed E-state index contributed by atoms with van der Waals surface area (Å²) < 4.78 is 39.6. The fourth-order valence-corrected chi connectivity index (χ4v) is 2.53. The van der Waals surface area contributed by atoms with Gasteiger partial charge in [0.2, 0.25) is 0 Å². The van der Waals surface area contributed by atoms with Crippen LogP contribution in [0.5, 0.6) is 0 Å². The monoisotopic (exact) mass is 445 g/mol. The van der Waals surface area contributed by atoms with Gasteiger partial charge in [-0.05, 0) is 24.3 Å². The van der Waals surface area contributed by atoms with Crippen LogP contribution in [0.1, 0.15) is 18.1 Å². The Morgan fingerprint density at radius 1 is 1.36 bits per heavy atom. The summed E-state index contributed by atoms with van der Waals surface area (Å²) in [7, 11) is 0. The Labute approximate surface area is 162 Å². The Balaban J connectivity index is 0.00000242. The molecule has 0 saturated carbocycles. The van der Waals surface area contributed by atoms with Crippen molar-refractivity contribution in [1.29, 1.82) is 0 Å². The van der Waals surface area contributed by atoms with Gasteiger partial charge >= 0.3 is 0 Å². The maximum Gasteiger partial charge on any atom is 0.256 e. The molecule has 1 heterocycles. The Morgan fingerprint density at radius 2 is 2.05 bits per heavy atom. The minimum absolute atomic E-state index is 0. The van der Waals surface area contributed by atoms with Crippen LogP contribution in [0.4, 0.5) is 13.2 Å². The summed E-state index contributed by atoms with van der Waals surface area (Å²) in [6, 6.07) is 4.33. The second-order valence-electron chi connectivity index (χ2n) is 4.59. The predicted octanol–water partition coefficient (Wildman–Crippen LogP) is 4.90. The molecule has 0 amide bonds. The molecule has 0 aromatic heterocycles. The number of halogens is 4. The van der Waals surface area contributed by atoms with E-state index in [4.69, 9.17) is 0 Å². The molecular weight excluding hydrogens is 432 g/mol. The van der Waals surface area contributed by atoms with Crippen LogP contribution < -0.4 is 0 Å². The SMILES string of the molecule is C=C1C(Br)=C[C-]=C(c2ccc(F)cc2CC)N1CC(F)F.[Y]. The molecule has 0 atom stereocenters. The molecule has 1 aromatic rings. The quantitative estimate of drug-likeness (QED) is 0.595. The van der Waals surface area contributed by atoms with Crippen LogP contribution in [0, 0.1) is 11.9 Å². The number of hydrogen-bond acceptors (Lipinski definition) is 1. The Morgan fingerprint density at radius 3 is 2.64 bits per heavy atom. The minimum atomic E-state index is -2.51. The van der Waals surface area contributed by atoms with Crippen LogP contribution in [0.3, 0.4) is 0 Å². The zero-order valence-electron chi connectivity index (χ0n) is 12.0. The van der Waals surface area contributed by atoms with E-state index in [1.54, 1.807) is 12.1 Å². The molecule has 0 aliphatic carbocycles. The number of hydrogen-bond donors (Lipinski definition) is 0. The maximum atomic E-state index is 13.3. The van der Waals surface area contributed by atoms with Crippen molar-refractivity contribution in [2.45, 2.75) is 19.8 Å². The van der Waals surface area contributed by atoms with Gasteiger partial charge in [0.05, 0.1) is 6.54 Å². The largest absolute Gasteiger partial charge is 0.369 e. The average Bonchev–Trinajstić information content (AvgIpc) is 2.44. The number of alkyl halides is 2. The summed E-state index contributed by atoms with van der Waals surface area (Å²) >= 11 is 3.27. The van der Waals surface area contributed by atoms with Crippen molar-refractivity contribution >= 4 is 21.6 Å². The molecule has 6 heteroatoms. The zero-order valence-corrected chi connectivity index (χ0v) is 16.5. The molecule has 0 bridgehead atoms. The van der Waals surface area contributed by atoms with Crippen molar-refractivity contribution in [1.82, 2.24) is 4.90 Å². The Bertz CT molecular complexity index is 626. The van der Waals surface area contributed by atoms with Gasteiger partial charge in [-0.1, -0.05) is 34.8 Å². The molecule has 0 spiro atoms. The van der Waals surface area contributed by atoms with Gasteiger partial charge in [-0.2, -0.15) is 12.2 Å². The van der Waals surface area contributed by atoms with Crippen LogP contribution in [-0.2, 0) is 39.1 Å². The van der Waals surface area contributed by atoms with E-state index in [-0.39, 0.29) is 38.5 Å². The third-order valence-corrected chi connectivity index (χ3v) is 3.92. The van der Waals surface area contributed by atoms with Crippen molar-refractivity contribution in [3.05, 3.63) is 64.1 Å². The van der Waals surface area contributed by atoms with E-state index in [9.17, 15) is 13.2 Å². The average molecular weight is 446 g/mol. The number of rotatable bonds is 4. The molecule has 0 N–H and O–H groups in total. The fourth-order valence-electron chi connectivity index (χ4n) is 2.21. The number of benzene rings is 1. The molecule has 1 aliphatic heterocycles. The first kappa shape index (κ1) is 19.7. The van der Waals surface area contributed by atoms with Crippen LogP contribution >= 0.6 is 15.9 Å². The van der Waals surface area contributed by atoms with E-state index in [2.05, 4.69) is 28.6 Å². The van der Waals surface area contributed by atoms with Gasteiger partial charge in [0.1, 0.15) is 5.82 Å². The summed E-state index contributed by atoms with van der Waals surface area (Å²) in [5.41, 5.74) is 2.36. The molecule has 0 unspecified atom stereocenters. The summed E-state index contributed by atoms with van der Waals surface area (Å²) in [5.74, 6) is -0.344. The fraction of sp³-hybridized carbons (Fsp3) is 0.250. The predicted molar refractivity (Wildman–Crippen MR) is 81.3 cm³/mol. The van der Waals surface area contributed by atoms with Crippen LogP contribution in [0.15, 0.2) is 41.0 Å². The molecule has 2 rings (SSSR count). The van der Waals surface area contributed by atoms with Crippen LogP contribution in [0.2, 0.25) is 0 Å². The van der Waals surface area contributed by atoms with Gasteiger partial charge in [-0.3, -0.25) is 0 Å². The molecule has 1 aromatic carbocycles. The van der Waals surface area contributed by atoms with Gasteiger partial charge in [-0.15, -0.1) is 22.0 Å². The van der Waals surface area contributed by atoms with Crippen molar-refractivity contribution in [3.8, 4) is 0 Å². The first-order chi connectivity index (χ1) is 9.93. The Kier molecular flexibility index (Phi) is 7.56. The minimum Gasteiger partial charge on any atom is -0.369 e. The third kappa shape index (κ3) is 4.33. The second-order valence-corrected chi connectivity index (χ2v) is 5.44. The second kappa shape index (κ2) is 8.46. The summed E-state index contributed by atoms with van der Waals surface area (Å²) in [4.78, 5) is 1.40. The normalized spacial score (nSPS) is 14.6. The molecule has 115 valence electrons. The van der Waals surface area contributed by atoms with Crippen molar-refractivity contribution in [2.75, 3.05) is 6.54 Å². The zero-order chi connectivity index (χ0) is 15.6. The van der Waals surface area contributed by atoms with Crippen molar-refractivity contribution < 1.29 is 45.9 Å². The first-order valence-electron chi connectivity index (χ1n) is 6.47. The van der Waals surface area contributed by atoms with Crippen molar-refractivity contribution in [3.63, 3.8) is 0 Å². The summed E-state index contributed by atoms with van der Waals surface area (Å²) in [6.45, 7) is 5.23. The summed E-state index contributed by atoms with van der Waals surface area (Å²) in [6.07, 6.45) is 2.71. The smallest absolute Gasteiger partial charge is 0.256 e. The van der Waals surface area contributed by atoms with E-state index in [1.165, 1.54) is 17.0 Å². The molecule has 0 fully saturated rings. The van der Waals surface area contributed by atoms with Gasteiger partial charge in [0.25, 0.3) is 6.43 Å². The number of nitrogens with zero attached hydrogens (tertiary/aromatic N) is 1. The van der Waals surface area contributed by atoms with Crippen LogP contribution in [0.25, 0.3) is 5.70 Å². The van der Waals surface area contributed by atoms with Gasteiger partial charge in [-0.25, -0.2) is 13.2 Å². The van der Waals surface area contributed by atoms with Gasteiger partial charge in [0.15, 0.2) is 0 Å². The molecule has 1 nitrogen and oxygen atoms in total. The molecule has 22 heavy (non-hydrogen) atoms. The maximum absolute atomic E-state index is 13.3.